The molecule has 1 heterocycles. The van der Waals surface area contributed by atoms with Gasteiger partial charge in [0, 0.05) is 35.1 Å². The van der Waals surface area contributed by atoms with E-state index in [0.29, 0.717) is 30.5 Å². The summed E-state index contributed by atoms with van der Waals surface area (Å²) in [7, 11) is 0. The van der Waals surface area contributed by atoms with Gasteiger partial charge in [-0.2, -0.15) is 0 Å². The monoisotopic (exact) mass is 378 g/mol. The zero-order chi connectivity index (χ0) is 18.1. The van der Waals surface area contributed by atoms with Gasteiger partial charge < -0.3 is 16.0 Å². The number of benzene rings is 1. The second-order valence-electron chi connectivity index (χ2n) is 5.41. The van der Waals surface area contributed by atoms with E-state index in [1.807, 2.05) is 37.4 Å². The number of nitrogens with one attached hydrogen (secondary N) is 3. The van der Waals surface area contributed by atoms with E-state index in [4.69, 9.17) is 11.6 Å². The first kappa shape index (κ1) is 19.3. The first-order chi connectivity index (χ1) is 12.1. The summed E-state index contributed by atoms with van der Waals surface area (Å²) < 4.78 is 0. The van der Waals surface area contributed by atoms with Crippen LogP contribution in [0.25, 0.3) is 0 Å². The second kappa shape index (κ2) is 10.1. The molecular weight excluding hydrogens is 356 g/mol. The van der Waals surface area contributed by atoms with E-state index in [1.54, 1.807) is 17.4 Å². The van der Waals surface area contributed by atoms with Gasteiger partial charge in [0.05, 0.1) is 6.54 Å². The molecule has 3 N–H and O–H groups in total. The average molecular weight is 379 g/mol. The average Bonchev–Trinajstić information content (AvgIpc) is 3.10. The fraction of sp³-hybridized carbons (Fsp3) is 0.333. The lowest BCUT2D eigenvalue weighted by molar-refractivity contribution is -0.116. The highest BCUT2D eigenvalue weighted by atomic mass is 35.5. The Morgan fingerprint density at radius 1 is 1.24 bits per heavy atom. The molecule has 0 unspecified atom stereocenters. The van der Waals surface area contributed by atoms with Crippen LogP contribution in [0, 0.1) is 6.92 Å². The Kier molecular flexibility index (Phi) is 7.76. The van der Waals surface area contributed by atoms with E-state index in [1.165, 1.54) is 4.88 Å². The van der Waals surface area contributed by atoms with Crippen LogP contribution in [0.2, 0.25) is 5.02 Å². The van der Waals surface area contributed by atoms with Gasteiger partial charge >= 0.3 is 0 Å². The maximum atomic E-state index is 12.1. The molecule has 0 aliphatic rings. The second-order valence-corrected chi connectivity index (χ2v) is 6.85. The van der Waals surface area contributed by atoms with E-state index in [-0.39, 0.29) is 5.91 Å². The number of carbonyl (C=O) groups excluding carboxylic acids is 1. The van der Waals surface area contributed by atoms with Crippen molar-refractivity contribution >= 4 is 40.5 Å². The van der Waals surface area contributed by atoms with Gasteiger partial charge in [-0.05, 0) is 43.0 Å². The number of anilines is 1. The number of rotatable bonds is 7. The summed E-state index contributed by atoms with van der Waals surface area (Å²) in [6, 6.07) is 9.54. The molecule has 0 aliphatic carbocycles. The number of nitrogens with zero attached hydrogens (tertiary/aromatic N) is 1. The highest BCUT2D eigenvalue weighted by Gasteiger charge is 2.07. The molecule has 5 nitrogen and oxygen atoms in total. The smallest absolute Gasteiger partial charge is 0.226 e. The summed E-state index contributed by atoms with van der Waals surface area (Å²) >= 11 is 7.75. The number of halogens is 1. The molecule has 0 fully saturated rings. The molecule has 134 valence electrons. The van der Waals surface area contributed by atoms with Crippen LogP contribution in [-0.4, -0.2) is 25.0 Å². The van der Waals surface area contributed by atoms with Crippen LogP contribution in [0.3, 0.4) is 0 Å². The minimum Gasteiger partial charge on any atom is -0.357 e. The van der Waals surface area contributed by atoms with Crippen molar-refractivity contribution in [1.29, 1.82) is 0 Å². The third-order valence-electron chi connectivity index (χ3n) is 3.50. The van der Waals surface area contributed by atoms with Crippen molar-refractivity contribution in [3.63, 3.8) is 0 Å². The van der Waals surface area contributed by atoms with Crippen LogP contribution >= 0.6 is 22.9 Å². The van der Waals surface area contributed by atoms with E-state index in [2.05, 4.69) is 27.0 Å². The number of hydrogen-bond donors (Lipinski definition) is 3. The van der Waals surface area contributed by atoms with Gasteiger partial charge in [-0.1, -0.05) is 23.7 Å². The van der Waals surface area contributed by atoms with E-state index >= 15 is 0 Å². The lowest BCUT2D eigenvalue weighted by atomic mass is 10.2. The summed E-state index contributed by atoms with van der Waals surface area (Å²) in [5, 5.41) is 11.9. The maximum absolute atomic E-state index is 12.1. The third kappa shape index (κ3) is 6.40. The van der Waals surface area contributed by atoms with Crippen LogP contribution < -0.4 is 16.0 Å². The molecule has 1 aromatic carbocycles. The normalized spacial score (nSPS) is 11.2. The fourth-order valence-corrected chi connectivity index (χ4v) is 2.95. The molecular formula is C18H23ClN4OS. The van der Waals surface area contributed by atoms with Gasteiger partial charge in [-0.3, -0.25) is 4.79 Å². The zero-order valence-electron chi connectivity index (χ0n) is 14.4. The molecule has 0 bridgehead atoms. The lowest BCUT2D eigenvalue weighted by Gasteiger charge is -2.12. The Balaban J connectivity index is 1.81. The molecule has 7 heteroatoms. The highest BCUT2D eigenvalue weighted by molar-refractivity contribution is 7.09. The summed E-state index contributed by atoms with van der Waals surface area (Å²) in [4.78, 5) is 17.8. The minimum atomic E-state index is -0.0630. The van der Waals surface area contributed by atoms with Gasteiger partial charge in [0.2, 0.25) is 5.91 Å². The van der Waals surface area contributed by atoms with Gasteiger partial charge in [-0.25, -0.2) is 4.99 Å². The topological polar surface area (TPSA) is 65.5 Å². The quantitative estimate of drug-likeness (QED) is 0.507. The van der Waals surface area contributed by atoms with E-state index in [9.17, 15) is 4.79 Å². The molecule has 0 atom stereocenters. The van der Waals surface area contributed by atoms with Crippen molar-refractivity contribution in [1.82, 2.24) is 10.6 Å². The van der Waals surface area contributed by atoms with Crippen LogP contribution in [0.5, 0.6) is 0 Å². The van der Waals surface area contributed by atoms with Crippen molar-refractivity contribution in [3.8, 4) is 0 Å². The standard InChI is InChI=1S/C18H23ClN4OS/c1-3-20-18(22-12-14-6-5-11-25-14)21-10-9-17(24)23-16-8-4-7-15(19)13(16)2/h4-8,11H,3,9-10,12H2,1-2H3,(H,23,24)(H2,20,21,22). The molecule has 2 aromatic rings. The Hall–Kier alpha value is -2.05. The van der Waals surface area contributed by atoms with Gasteiger partial charge in [0.25, 0.3) is 0 Å². The zero-order valence-corrected chi connectivity index (χ0v) is 16.0. The van der Waals surface area contributed by atoms with Crippen LogP contribution in [0.4, 0.5) is 5.69 Å². The predicted molar refractivity (Wildman–Crippen MR) is 107 cm³/mol. The highest BCUT2D eigenvalue weighted by Crippen LogP contribution is 2.22. The summed E-state index contributed by atoms with van der Waals surface area (Å²) in [5.74, 6) is 0.648. The molecule has 0 saturated carbocycles. The first-order valence-electron chi connectivity index (χ1n) is 8.19. The Morgan fingerprint density at radius 3 is 2.80 bits per heavy atom. The SMILES string of the molecule is CCNC(=NCc1cccs1)NCCC(=O)Nc1cccc(Cl)c1C. The third-order valence-corrected chi connectivity index (χ3v) is 4.77. The van der Waals surface area contributed by atoms with Crippen molar-refractivity contribution in [2.75, 3.05) is 18.4 Å². The summed E-state index contributed by atoms with van der Waals surface area (Å²) in [5.41, 5.74) is 1.62. The number of guanidine groups is 1. The molecule has 2 rings (SSSR count). The van der Waals surface area contributed by atoms with E-state index in [0.717, 1.165) is 17.8 Å². The molecule has 1 amide bonds. The summed E-state index contributed by atoms with van der Waals surface area (Å²) in [6.45, 7) is 5.79. The molecule has 0 spiro atoms. The van der Waals surface area contributed by atoms with E-state index < -0.39 is 0 Å². The van der Waals surface area contributed by atoms with Crippen LogP contribution in [-0.2, 0) is 11.3 Å². The number of carbonyl (C=O) groups is 1. The molecule has 0 radical (unpaired) electrons. The van der Waals surface area contributed by atoms with Gasteiger partial charge in [0.1, 0.15) is 0 Å². The Bertz CT molecular complexity index is 716. The lowest BCUT2D eigenvalue weighted by Crippen LogP contribution is -2.38. The van der Waals surface area contributed by atoms with Gasteiger partial charge in [-0.15, -0.1) is 11.3 Å². The predicted octanol–water partition coefficient (Wildman–Crippen LogP) is 3.79. The first-order valence-corrected chi connectivity index (χ1v) is 9.45. The summed E-state index contributed by atoms with van der Waals surface area (Å²) in [6.07, 6.45) is 0.343. The van der Waals surface area contributed by atoms with Crippen molar-refractivity contribution < 1.29 is 4.79 Å². The maximum Gasteiger partial charge on any atom is 0.226 e. The van der Waals surface area contributed by atoms with Crippen molar-refractivity contribution in [2.24, 2.45) is 4.99 Å². The molecule has 1 aromatic heterocycles. The molecule has 0 saturated heterocycles. The van der Waals surface area contributed by atoms with Crippen LogP contribution in [0.1, 0.15) is 23.8 Å². The minimum absolute atomic E-state index is 0.0630. The Morgan fingerprint density at radius 2 is 2.08 bits per heavy atom. The molecule has 25 heavy (non-hydrogen) atoms. The number of thiophene rings is 1. The number of amides is 1. The number of aliphatic imine (C=N–C) groups is 1. The van der Waals surface area contributed by atoms with Gasteiger partial charge in [0.15, 0.2) is 5.96 Å². The fourth-order valence-electron chi connectivity index (χ4n) is 2.15. The van der Waals surface area contributed by atoms with Crippen molar-refractivity contribution in [2.45, 2.75) is 26.8 Å². The number of hydrogen-bond acceptors (Lipinski definition) is 3. The van der Waals surface area contributed by atoms with Crippen LogP contribution in [0.15, 0.2) is 40.7 Å². The largest absolute Gasteiger partial charge is 0.357 e. The molecule has 0 aliphatic heterocycles. The van der Waals surface area contributed by atoms with Crippen molar-refractivity contribution in [3.05, 3.63) is 51.2 Å². The Labute approximate surface area is 157 Å².